The highest BCUT2D eigenvalue weighted by Crippen LogP contribution is 2.63. The van der Waals surface area contributed by atoms with E-state index in [2.05, 4.69) is 15.9 Å². The quantitative estimate of drug-likeness (QED) is 0.322. The number of hydrogen-bond acceptors (Lipinski definition) is 6. The predicted molar refractivity (Wildman–Crippen MR) is 83.4 cm³/mol. The third-order valence-electron chi connectivity index (χ3n) is 3.86. The number of carbonyl (C=O) groups is 2. The van der Waals surface area contributed by atoms with E-state index in [1.807, 2.05) is 0 Å². The maximum absolute atomic E-state index is 12.4. The number of benzene rings is 1. The van der Waals surface area contributed by atoms with Gasteiger partial charge in [-0.2, -0.15) is 0 Å². The summed E-state index contributed by atoms with van der Waals surface area (Å²) in [6.45, 7) is 3.20. The van der Waals surface area contributed by atoms with E-state index in [0.29, 0.717) is 10.0 Å². The van der Waals surface area contributed by atoms with Gasteiger partial charge in [0.05, 0.1) is 19.1 Å². The maximum atomic E-state index is 12.4. The molecule has 23 heavy (non-hydrogen) atoms. The summed E-state index contributed by atoms with van der Waals surface area (Å²) in [5.74, 6) is -2.76. The normalized spacial score (nSPS) is 21.3. The van der Waals surface area contributed by atoms with Crippen molar-refractivity contribution in [2.24, 2.45) is 5.41 Å². The Balaban J connectivity index is 2.55. The Labute approximate surface area is 141 Å². The Morgan fingerprint density at radius 2 is 1.74 bits per heavy atom. The van der Waals surface area contributed by atoms with E-state index in [0.717, 1.165) is 0 Å². The van der Waals surface area contributed by atoms with E-state index in [4.69, 9.17) is 9.47 Å². The molecule has 0 radical (unpaired) electrons. The van der Waals surface area contributed by atoms with Crippen molar-refractivity contribution in [3.05, 3.63) is 44.4 Å². The Bertz CT molecular complexity index is 629. The van der Waals surface area contributed by atoms with Gasteiger partial charge in [0.25, 0.3) is 0 Å². The summed E-state index contributed by atoms with van der Waals surface area (Å²) in [6.07, 6.45) is 0. The summed E-state index contributed by atoms with van der Waals surface area (Å²) in [6, 6.07) is 5.38. The first-order chi connectivity index (χ1) is 10.9. The molecule has 0 unspecified atom stereocenters. The summed E-state index contributed by atoms with van der Waals surface area (Å²) in [5.41, 5.74) is -1.42. The van der Waals surface area contributed by atoms with Crippen LogP contribution in [-0.4, -0.2) is 36.1 Å². The number of halogens is 1. The number of rotatable bonds is 6. The van der Waals surface area contributed by atoms with Crippen LogP contribution in [0.1, 0.15) is 25.3 Å². The highest BCUT2D eigenvalue weighted by Gasteiger charge is 2.85. The number of ether oxygens (including phenoxy) is 2. The summed E-state index contributed by atoms with van der Waals surface area (Å²) in [5, 5.41) is 11.5. The molecule has 1 aliphatic rings. The van der Waals surface area contributed by atoms with Crippen LogP contribution >= 0.6 is 15.9 Å². The number of nitro groups is 1. The molecule has 0 aromatic heterocycles. The van der Waals surface area contributed by atoms with E-state index in [9.17, 15) is 19.7 Å². The van der Waals surface area contributed by atoms with E-state index in [1.54, 1.807) is 38.1 Å². The second kappa shape index (κ2) is 6.66. The molecule has 0 saturated heterocycles. The van der Waals surface area contributed by atoms with Gasteiger partial charge in [-0.25, -0.2) is 0 Å². The molecule has 1 aromatic carbocycles. The number of hydrogen-bond donors (Lipinski definition) is 0. The molecule has 2 atom stereocenters. The Morgan fingerprint density at radius 3 is 2.17 bits per heavy atom. The number of carbonyl (C=O) groups excluding carboxylic acids is 2. The van der Waals surface area contributed by atoms with Gasteiger partial charge in [0.1, 0.15) is 0 Å². The van der Waals surface area contributed by atoms with Crippen molar-refractivity contribution in [3.8, 4) is 0 Å². The summed E-state index contributed by atoms with van der Waals surface area (Å²) >= 11 is 3.31. The molecule has 2 rings (SSSR count). The predicted octanol–water partition coefficient (Wildman–Crippen LogP) is 2.30. The lowest BCUT2D eigenvalue weighted by Crippen LogP contribution is -2.35. The number of esters is 2. The standard InChI is InChI=1S/C15H16BrNO6/c1-3-22-13(18)15(14(19)23-4-2)11(12(15)17(20)21)9-7-5-6-8-10(9)16/h5-8,11-12H,3-4H2,1-2H3/t11-,12-/m1/s1. The molecule has 1 fully saturated rings. The molecule has 0 N–H and O–H groups in total. The molecule has 0 amide bonds. The second-order valence-electron chi connectivity index (χ2n) is 5.04. The van der Waals surface area contributed by atoms with Crippen molar-refractivity contribution >= 4 is 27.9 Å². The fourth-order valence-electron chi connectivity index (χ4n) is 2.88. The van der Waals surface area contributed by atoms with Crippen molar-refractivity contribution in [1.82, 2.24) is 0 Å². The summed E-state index contributed by atoms with van der Waals surface area (Å²) < 4.78 is 10.5. The largest absolute Gasteiger partial charge is 0.465 e. The second-order valence-corrected chi connectivity index (χ2v) is 5.89. The lowest BCUT2D eigenvalue weighted by atomic mass is 9.99. The monoisotopic (exact) mass is 385 g/mol. The lowest BCUT2D eigenvalue weighted by molar-refractivity contribution is -0.501. The molecule has 0 spiro atoms. The van der Waals surface area contributed by atoms with Crippen LogP contribution in [-0.2, 0) is 19.1 Å². The minimum atomic E-state index is -1.93. The minimum absolute atomic E-state index is 0.0209. The highest BCUT2D eigenvalue weighted by atomic mass is 79.9. The van der Waals surface area contributed by atoms with Gasteiger partial charge in [0.15, 0.2) is 0 Å². The molecule has 0 aliphatic heterocycles. The average molecular weight is 386 g/mol. The first-order valence-corrected chi connectivity index (χ1v) is 7.94. The van der Waals surface area contributed by atoms with E-state index >= 15 is 0 Å². The molecule has 1 aromatic rings. The van der Waals surface area contributed by atoms with Gasteiger partial charge in [-0.1, -0.05) is 34.1 Å². The van der Waals surface area contributed by atoms with Crippen LogP contribution in [0.4, 0.5) is 0 Å². The third-order valence-corrected chi connectivity index (χ3v) is 4.58. The van der Waals surface area contributed by atoms with Crippen molar-refractivity contribution in [2.45, 2.75) is 25.8 Å². The van der Waals surface area contributed by atoms with Gasteiger partial charge in [0.2, 0.25) is 11.5 Å². The van der Waals surface area contributed by atoms with Crippen molar-refractivity contribution in [1.29, 1.82) is 0 Å². The number of nitrogens with zero attached hydrogens (tertiary/aromatic N) is 1. The van der Waals surface area contributed by atoms with E-state index in [-0.39, 0.29) is 13.2 Å². The molecule has 7 nitrogen and oxygen atoms in total. The van der Waals surface area contributed by atoms with Gasteiger partial charge >= 0.3 is 11.9 Å². The van der Waals surface area contributed by atoms with E-state index in [1.165, 1.54) is 0 Å². The van der Waals surface area contributed by atoms with Gasteiger partial charge in [0, 0.05) is 9.40 Å². The highest BCUT2D eigenvalue weighted by molar-refractivity contribution is 9.10. The van der Waals surface area contributed by atoms with Crippen LogP contribution in [0.5, 0.6) is 0 Å². The van der Waals surface area contributed by atoms with Gasteiger partial charge in [-0.3, -0.25) is 19.7 Å². The zero-order valence-electron chi connectivity index (χ0n) is 12.7. The molecule has 0 heterocycles. The molecule has 0 bridgehead atoms. The summed E-state index contributed by atoms with van der Waals surface area (Å²) in [7, 11) is 0. The fraction of sp³-hybridized carbons (Fsp3) is 0.467. The van der Waals surface area contributed by atoms with Crippen LogP contribution < -0.4 is 0 Å². The zero-order valence-corrected chi connectivity index (χ0v) is 14.2. The van der Waals surface area contributed by atoms with Crippen LogP contribution in [0, 0.1) is 15.5 Å². The Kier molecular flexibility index (Phi) is 5.03. The van der Waals surface area contributed by atoms with E-state index < -0.39 is 34.2 Å². The average Bonchev–Trinajstić information content (AvgIpc) is 3.19. The molecule has 8 heteroatoms. The SMILES string of the molecule is CCOC(=O)C1(C(=O)OCC)[C@H](c2ccccc2Br)[C@H]1[N+](=O)[O-]. The smallest absolute Gasteiger partial charge is 0.331 e. The molecule has 124 valence electrons. The van der Waals surface area contributed by atoms with Crippen LogP contribution in [0.15, 0.2) is 28.7 Å². The minimum Gasteiger partial charge on any atom is -0.465 e. The summed E-state index contributed by atoms with van der Waals surface area (Å²) in [4.78, 5) is 35.7. The molecular formula is C15H16BrNO6. The first-order valence-electron chi connectivity index (χ1n) is 7.15. The maximum Gasteiger partial charge on any atom is 0.331 e. The van der Waals surface area contributed by atoms with Crippen molar-refractivity contribution in [3.63, 3.8) is 0 Å². The fourth-order valence-corrected chi connectivity index (χ4v) is 3.41. The van der Waals surface area contributed by atoms with Crippen molar-refractivity contribution < 1.29 is 24.0 Å². The van der Waals surface area contributed by atoms with Crippen molar-refractivity contribution in [2.75, 3.05) is 13.2 Å². The third kappa shape index (κ3) is 2.71. The van der Waals surface area contributed by atoms with Crippen LogP contribution in [0.2, 0.25) is 0 Å². The lowest BCUT2D eigenvalue weighted by Gasteiger charge is -2.13. The van der Waals surface area contributed by atoms with Crippen LogP contribution in [0.25, 0.3) is 0 Å². The van der Waals surface area contributed by atoms with Gasteiger partial charge in [-0.05, 0) is 25.5 Å². The van der Waals surface area contributed by atoms with Gasteiger partial charge in [-0.15, -0.1) is 0 Å². The molecular weight excluding hydrogens is 370 g/mol. The Hall–Kier alpha value is -1.96. The van der Waals surface area contributed by atoms with Crippen LogP contribution in [0.3, 0.4) is 0 Å². The molecule has 1 saturated carbocycles. The topological polar surface area (TPSA) is 95.7 Å². The first kappa shape index (κ1) is 17.4. The Morgan fingerprint density at radius 1 is 1.22 bits per heavy atom. The zero-order chi connectivity index (χ0) is 17.2. The van der Waals surface area contributed by atoms with Gasteiger partial charge < -0.3 is 9.47 Å². The molecule has 1 aliphatic carbocycles.